The van der Waals surface area contributed by atoms with E-state index < -0.39 is 0 Å². The van der Waals surface area contributed by atoms with Gasteiger partial charge in [0.1, 0.15) is 11.3 Å². The summed E-state index contributed by atoms with van der Waals surface area (Å²) >= 11 is 0. The highest BCUT2D eigenvalue weighted by molar-refractivity contribution is 5.97. The molecule has 2 unspecified atom stereocenters. The molecular weight excluding hydrogens is 757 g/mol. The van der Waals surface area contributed by atoms with E-state index in [1.165, 1.54) is 39.1 Å². The predicted octanol–water partition coefficient (Wildman–Crippen LogP) is 14.3. The molecule has 1 aliphatic carbocycles. The van der Waals surface area contributed by atoms with Crippen LogP contribution in [0.5, 0.6) is 0 Å². The quantitative estimate of drug-likeness (QED) is 0.161. The maximum absolute atomic E-state index is 6.91. The van der Waals surface area contributed by atoms with Gasteiger partial charge in [0.25, 0.3) is 0 Å². The largest absolute Gasteiger partial charge is 0.456 e. The van der Waals surface area contributed by atoms with Crippen molar-refractivity contribution < 1.29 is 4.42 Å². The standard InChI is InChI=1S/C57H38N4O/c1-4-15-37(16-5-1)41-21-12-22-42(35-41)39-29-31-45(32-30-39)61-49-28-11-10-25-46(49)52-50(61)33-34-51-53(52)47-26-14-27-48(54(47)62-51)57-59-55(40-19-8-3-9-20-40)58-56(60-57)44-24-13-23-43(36-44)38-17-6-2-7-18-38/h1-36,50,52H. The highest BCUT2D eigenvalue weighted by Crippen LogP contribution is 2.54. The molecule has 62 heavy (non-hydrogen) atoms. The molecule has 0 spiro atoms. The van der Waals surface area contributed by atoms with Crippen molar-refractivity contribution in [2.75, 3.05) is 4.90 Å². The SMILES string of the molecule is C1=CC2C(c3ccccc3N2c2ccc(-c3cccc(-c4ccccc4)c3)cc2)c2c1oc1c(-c3nc(-c4ccccc4)nc(-c4cccc(-c5ccccc5)c4)n3)cccc21. The molecule has 10 aromatic rings. The first kappa shape index (κ1) is 35.8. The van der Waals surface area contributed by atoms with Gasteiger partial charge in [-0.1, -0.05) is 176 Å². The van der Waals surface area contributed by atoms with Crippen LogP contribution in [0.4, 0.5) is 11.4 Å². The number of fused-ring (bicyclic) bond motifs is 7. The van der Waals surface area contributed by atoms with Crippen molar-refractivity contribution in [2.24, 2.45) is 0 Å². The fourth-order valence-electron chi connectivity index (χ4n) is 9.40. The Morgan fingerprint density at radius 3 is 1.61 bits per heavy atom. The van der Waals surface area contributed by atoms with E-state index in [9.17, 15) is 0 Å². The molecule has 0 amide bonds. The normalized spacial score (nSPS) is 15.0. The first-order valence-corrected chi connectivity index (χ1v) is 21.1. The van der Waals surface area contributed by atoms with Gasteiger partial charge in [-0.15, -0.1) is 0 Å². The highest BCUT2D eigenvalue weighted by atomic mass is 16.3. The van der Waals surface area contributed by atoms with Crippen molar-refractivity contribution in [3.05, 3.63) is 229 Å². The third kappa shape index (κ3) is 6.13. The second kappa shape index (κ2) is 14.8. The zero-order chi connectivity index (χ0) is 41.0. The van der Waals surface area contributed by atoms with Crippen molar-refractivity contribution in [1.29, 1.82) is 0 Å². The average molecular weight is 795 g/mol. The number of nitrogens with zero attached hydrogens (tertiary/aromatic N) is 4. The van der Waals surface area contributed by atoms with Crippen LogP contribution in [0.3, 0.4) is 0 Å². The number of hydrogen-bond donors (Lipinski definition) is 0. The molecule has 2 aromatic heterocycles. The zero-order valence-electron chi connectivity index (χ0n) is 33.6. The third-order valence-corrected chi connectivity index (χ3v) is 12.3. The Labute approximate surface area is 360 Å². The van der Waals surface area contributed by atoms with Gasteiger partial charge < -0.3 is 9.32 Å². The number of hydrogen-bond acceptors (Lipinski definition) is 5. The van der Waals surface area contributed by atoms with Crippen LogP contribution >= 0.6 is 0 Å². The monoisotopic (exact) mass is 794 g/mol. The van der Waals surface area contributed by atoms with E-state index >= 15 is 0 Å². The molecule has 0 N–H and O–H groups in total. The van der Waals surface area contributed by atoms with Gasteiger partial charge in [-0.2, -0.15) is 0 Å². The molecule has 2 aliphatic rings. The van der Waals surface area contributed by atoms with Crippen molar-refractivity contribution >= 4 is 28.4 Å². The number of anilines is 2. The van der Waals surface area contributed by atoms with Crippen LogP contribution in [0.1, 0.15) is 22.8 Å². The summed E-state index contributed by atoms with van der Waals surface area (Å²) < 4.78 is 6.91. The van der Waals surface area contributed by atoms with Gasteiger partial charge in [0.15, 0.2) is 17.5 Å². The van der Waals surface area contributed by atoms with Crippen LogP contribution in [0.15, 0.2) is 217 Å². The van der Waals surface area contributed by atoms with E-state index in [-0.39, 0.29) is 12.0 Å². The van der Waals surface area contributed by atoms with Crippen molar-refractivity contribution in [2.45, 2.75) is 12.0 Å². The van der Waals surface area contributed by atoms with Crippen LogP contribution in [0.25, 0.3) is 84.6 Å². The molecule has 0 saturated heterocycles. The number of rotatable bonds is 7. The molecule has 0 fully saturated rings. The topological polar surface area (TPSA) is 55.1 Å². The Morgan fingerprint density at radius 2 is 0.935 bits per heavy atom. The molecule has 292 valence electrons. The van der Waals surface area contributed by atoms with E-state index in [4.69, 9.17) is 19.4 Å². The van der Waals surface area contributed by atoms with Crippen molar-refractivity contribution in [3.63, 3.8) is 0 Å². The molecule has 5 nitrogen and oxygen atoms in total. The lowest BCUT2D eigenvalue weighted by Gasteiger charge is -2.30. The molecule has 3 heterocycles. The predicted molar refractivity (Wildman–Crippen MR) is 252 cm³/mol. The van der Waals surface area contributed by atoms with Crippen LogP contribution < -0.4 is 4.90 Å². The Kier molecular flexibility index (Phi) is 8.56. The highest BCUT2D eigenvalue weighted by Gasteiger charge is 2.43. The molecule has 0 saturated carbocycles. The van der Waals surface area contributed by atoms with Crippen LogP contribution in [-0.2, 0) is 0 Å². The zero-order valence-corrected chi connectivity index (χ0v) is 33.6. The Morgan fingerprint density at radius 1 is 0.419 bits per heavy atom. The summed E-state index contributed by atoms with van der Waals surface area (Å²) in [5.41, 5.74) is 15.3. The smallest absolute Gasteiger partial charge is 0.167 e. The maximum Gasteiger partial charge on any atom is 0.167 e. The minimum Gasteiger partial charge on any atom is -0.456 e. The maximum atomic E-state index is 6.91. The van der Waals surface area contributed by atoms with Gasteiger partial charge in [0.05, 0.1) is 11.6 Å². The molecule has 5 heteroatoms. The summed E-state index contributed by atoms with van der Waals surface area (Å²) in [6.07, 6.45) is 4.46. The molecular formula is C57H38N4O. The molecule has 0 bridgehead atoms. The summed E-state index contributed by atoms with van der Waals surface area (Å²) in [6.45, 7) is 0. The molecule has 8 aromatic carbocycles. The third-order valence-electron chi connectivity index (χ3n) is 12.3. The van der Waals surface area contributed by atoms with Crippen molar-refractivity contribution in [1.82, 2.24) is 15.0 Å². The first-order valence-electron chi connectivity index (χ1n) is 21.1. The average Bonchev–Trinajstić information content (AvgIpc) is 3.91. The molecule has 2 atom stereocenters. The summed E-state index contributed by atoms with van der Waals surface area (Å²) in [7, 11) is 0. The molecule has 0 radical (unpaired) electrons. The lowest BCUT2D eigenvalue weighted by atomic mass is 9.82. The lowest BCUT2D eigenvalue weighted by Crippen LogP contribution is -2.30. The Balaban J connectivity index is 0.938. The molecule has 12 rings (SSSR count). The minimum absolute atomic E-state index is 0.0551. The van der Waals surface area contributed by atoms with Gasteiger partial charge in [0, 0.05) is 39.4 Å². The second-order valence-electron chi connectivity index (χ2n) is 15.9. The van der Waals surface area contributed by atoms with Crippen LogP contribution in [0, 0.1) is 0 Å². The van der Waals surface area contributed by atoms with E-state index in [0.29, 0.717) is 17.5 Å². The first-order chi connectivity index (χ1) is 30.7. The second-order valence-corrected chi connectivity index (χ2v) is 15.9. The number of para-hydroxylation sites is 2. The van der Waals surface area contributed by atoms with E-state index in [2.05, 4.69) is 187 Å². The summed E-state index contributed by atoms with van der Waals surface area (Å²) in [5, 5.41) is 1.07. The molecule has 1 aliphatic heterocycles. The fraction of sp³-hybridized carbons (Fsp3) is 0.0351. The van der Waals surface area contributed by atoms with E-state index in [1.54, 1.807) is 0 Å². The number of aromatic nitrogens is 3. The number of furan rings is 1. The Hall–Kier alpha value is -8.15. The van der Waals surface area contributed by atoms with Gasteiger partial charge in [0.2, 0.25) is 0 Å². The van der Waals surface area contributed by atoms with Gasteiger partial charge >= 0.3 is 0 Å². The van der Waals surface area contributed by atoms with Crippen LogP contribution in [-0.4, -0.2) is 21.0 Å². The lowest BCUT2D eigenvalue weighted by molar-refractivity contribution is 0.584. The van der Waals surface area contributed by atoms with Crippen LogP contribution in [0.2, 0.25) is 0 Å². The van der Waals surface area contributed by atoms with Gasteiger partial charge in [-0.3, -0.25) is 0 Å². The minimum atomic E-state index is 0.0551. The van der Waals surface area contributed by atoms with E-state index in [0.717, 1.165) is 50.2 Å². The number of benzene rings is 8. The fourth-order valence-corrected chi connectivity index (χ4v) is 9.40. The summed E-state index contributed by atoms with van der Waals surface area (Å²) in [6, 6.07) is 72.5. The van der Waals surface area contributed by atoms with Gasteiger partial charge in [-0.05, 0) is 81.4 Å². The van der Waals surface area contributed by atoms with E-state index in [1.807, 2.05) is 36.4 Å². The summed E-state index contributed by atoms with van der Waals surface area (Å²) in [4.78, 5) is 17.9. The van der Waals surface area contributed by atoms with Gasteiger partial charge in [-0.25, -0.2) is 15.0 Å². The summed E-state index contributed by atoms with van der Waals surface area (Å²) in [5.74, 6) is 2.71. The Bertz CT molecular complexity index is 3300. The van der Waals surface area contributed by atoms with Crippen molar-refractivity contribution in [3.8, 4) is 67.5 Å².